The van der Waals surface area contributed by atoms with E-state index in [0.29, 0.717) is 5.69 Å². The first-order valence-electron chi connectivity index (χ1n) is 12.1. The van der Waals surface area contributed by atoms with Gasteiger partial charge in [-0.1, -0.05) is 93.1 Å². The number of pyridine rings is 1. The lowest BCUT2D eigenvalue weighted by atomic mass is 9.90. The Hall–Kier alpha value is -3.48. The van der Waals surface area contributed by atoms with Gasteiger partial charge < -0.3 is 0 Å². The summed E-state index contributed by atoms with van der Waals surface area (Å²) in [6, 6.07) is 29.2. The lowest BCUT2D eigenvalue weighted by Crippen LogP contribution is -2.30. The van der Waals surface area contributed by atoms with Crippen molar-refractivity contribution in [2.24, 2.45) is 0 Å². The van der Waals surface area contributed by atoms with Gasteiger partial charge in [0.15, 0.2) is 0 Å². The number of aryl methyl sites for hydroxylation is 1. The lowest BCUT2D eigenvalue weighted by Gasteiger charge is -2.22. The van der Waals surface area contributed by atoms with Crippen molar-refractivity contribution in [1.29, 1.82) is 0 Å². The molecule has 0 aliphatic rings. The molecule has 36 heavy (non-hydrogen) atoms. The minimum Gasteiger partial charge on any atom is -0.236 e. The van der Waals surface area contributed by atoms with Crippen molar-refractivity contribution in [3.63, 3.8) is 0 Å². The third-order valence-electron chi connectivity index (χ3n) is 6.48. The first-order valence-corrected chi connectivity index (χ1v) is 13.6. The van der Waals surface area contributed by atoms with Gasteiger partial charge in [0.25, 0.3) is 0 Å². The highest BCUT2D eigenvalue weighted by atomic mass is 32.2. The maximum Gasteiger partial charge on any atom is 0.243 e. The molecule has 0 bridgehead atoms. The third kappa shape index (κ3) is 4.66. The molecule has 0 atom stereocenters. The highest BCUT2D eigenvalue weighted by molar-refractivity contribution is 7.89. The fraction of sp³-hybridized carbons (Fsp3) is 0.233. The van der Waals surface area contributed by atoms with E-state index in [1.807, 2.05) is 72.1 Å². The normalized spacial score (nSPS) is 12.6. The van der Waals surface area contributed by atoms with E-state index in [1.165, 1.54) is 4.31 Å². The molecule has 0 unspecified atom stereocenters. The lowest BCUT2D eigenvalue weighted by molar-refractivity contribution is 0.395. The molecule has 0 saturated carbocycles. The Bertz CT molecular complexity index is 1630. The minimum absolute atomic E-state index is 0.136. The summed E-state index contributed by atoms with van der Waals surface area (Å²) in [4.78, 5) is 0.286. The molecule has 0 saturated heterocycles. The Morgan fingerprint density at radius 2 is 1.50 bits per heavy atom. The molecule has 0 amide bonds. The number of hydrogen-bond acceptors (Lipinski definition) is 3. The van der Waals surface area contributed by atoms with Crippen LogP contribution in [-0.2, 0) is 28.5 Å². The standard InChI is InChI=1S/C30H31N3O2S/c1-22-14-16-26(17-15-22)36(34,35)32(20-23-10-6-5-7-11-23)21-25-19-28-27-13-9-8-12-24(27)18-29(30(2,3)4)33(28)31-25/h5-19H,20-21H2,1-4H3. The Kier molecular flexibility index (Phi) is 6.18. The number of fused-ring (bicyclic) bond motifs is 3. The zero-order valence-electron chi connectivity index (χ0n) is 21.1. The van der Waals surface area contributed by atoms with E-state index < -0.39 is 10.0 Å². The van der Waals surface area contributed by atoms with Crippen LogP contribution in [-0.4, -0.2) is 22.3 Å². The van der Waals surface area contributed by atoms with E-state index in [4.69, 9.17) is 5.10 Å². The number of nitrogens with zero attached hydrogens (tertiary/aromatic N) is 3. The first-order chi connectivity index (χ1) is 17.1. The SMILES string of the molecule is Cc1ccc(S(=O)(=O)N(Cc2ccccc2)Cc2cc3c4ccccc4cc(C(C)(C)C)n3n2)cc1. The van der Waals surface area contributed by atoms with Crippen LogP contribution in [0.3, 0.4) is 0 Å². The average Bonchev–Trinajstić information content (AvgIpc) is 3.27. The van der Waals surface area contributed by atoms with Gasteiger partial charge in [-0.25, -0.2) is 12.9 Å². The predicted molar refractivity (Wildman–Crippen MR) is 145 cm³/mol. The van der Waals surface area contributed by atoms with Crippen molar-refractivity contribution in [1.82, 2.24) is 13.9 Å². The van der Waals surface area contributed by atoms with Crippen molar-refractivity contribution >= 4 is 26.3 Å². The third-order valence-corrected chi connectivity index (χ3v) is 8.29. The maximum atomic E-state index is 13.8. The van der Waals surface area contributed by atoms with Crippen LogP contribution >= 0.6 is 0 Å². The molecular formula is C30H31N3O2S. The number of hydrogen-bond donors (Lipinski definition) is 0. The van der Waals surface area contributed by atoms with Gasteiger partial charge in [-0.05, 0) is 42.1 Å². The van der Waals surface area contributed by atoms with Gasteiger partial charge in [-0.15, -0.1) is 0 Å². The van der Waals surface area contributed by atoms with Crippen LogP contribution in [0.15, 0.2) is 95.9 Å². The van der Waals surface area contributed by atoms with Crippen LogP contribution in [0.5, 0.6) is 0 Å². The molecule has 0 N–H and O–H groups in total. The molecule has 2 heterocycles. The zero-order valence-corrected chi connectivity index (χ0v) is 22.0. The monoisotopic (exact) mass is 497 g/mol. The summed E-state index contributed by atoms with van der Waals surface area (Å²) in [6.45, 7) is 8.89. The van der Waals surface area contributed by atoms with Crippen LogP contribution in [0.25, 0.3) is 16.3 Å². The Labute approximate surface area is 213 Å². The van der Waals surface area contributed by atoms with Crippen LogP contribution in [0, 0.1) is 6.92 Å². The van der Waals surface area contributed by atoms with E-state index in [2.05, 4.69) is 39.0 Å². The van der Waals surface area contributed by atoms with E-state index in [9.17, 15) is 8.42 Å². The average molecular weight is 498 g/mol. The van der Waals surface area contributed by atoms with Crippen LogP contribution in [0.4, 0.5) is 0 Å². The topological polar surface area (TPSA) is 54.7 Å². The molecule has 3 aromatic carbocycles. The Balaban J connectivity index is 1.63. The van der Waals surface area contributed by atoms with E-state index >= 15 is 0 Å². The summed E-state index contributed by atoms with van der Waals surface area (Å²) in [7, 11) is -3.75. The molecule has 6 heteroatoms. The van der Waals surface area contributed by atoms with Gasteiger partial charge in [0.05, 0.1) is 22.7 Å². The number of aromatic nitrogens is 2. The van der Waals surface area contributed by atoms with E-state index in [1.54, 1.807) is 12.1 Å². The van der Waals surface area contributed by atoms with Crippen molar-refractivity contribution in [3.05, 3.63) is 114 Å². The molecule has 5 rings (SSSR count). The summed E-state index contributed by atoms with van der Waals surface area (Å²) in [5, 5.41) is 7.19. The second kappa shape index (κ2) is 9.19. The fourth-order valence-corrected chi connectivity index (χ4v) is 5.93. The molecule has 0 fully saturated rings. The predicted octanol–water partition coefficient (Wildman–Crippen LogP) is 6.48. The van der Waals surface area contributed by atoms with Gasteiger partial charge >= 0.3 is 0 Å². The first kappa shape index (κ1) is 24.2. The van der Waals surface area contributed by atoms with Gasteiger partial charge in [0.1, 0.15) is 0 Å². The van der Waals surface area contributed by atoms with E-state index in [-0.39, 0.29) is 23.4 Å². The summed E-state index contributed by atoms with van der Waals surface area (Å²) < 4.78 is 31.1. The van der Waals surface area contributed by atoms with Gasteiger partial charge in [-0.3, -0.25) is 0 Å². The highest BCUT2D eigenvalue weighted by Gasteiger charge is 2.27. The van der Waals surface area contributed by atoms with Gasteiger partial charge in [0.2, 0.25) is 10.0 Å². The van der Waals surface area contributed by atoms with Crippen molar-refractivity contribution in [3.8, 4) is 0 Å². The van der Waals surface area contributed by atoms with Crippen LogP contribution in [0.2, 0.25) is 0 Å². The van der Waals surface area contributed by atoms with Crippen molar-refractivity contribution < 1.29 is 8.42 Å². The maximum absolute atomic E-state index is 13.8. The second-order valence-electron chi connectivity index (χ2n) is 10.4. The summed E-state index contributed by atoms with van der Waals surface area (Å²) in [6.07, 6.45) is 0. The largest absolute Gasteiger partial charge is 0.243 e. The number of sulfonamides is 1. The molecule has 2 aromatic heterocycles. The molecule has 0 aliphatic carbocycles. The Morgan fingerprint density at radius 1 is 0.833 bits per heavy atom. The second-order valence-corrected chi connectivity index (χ2v) is 12.3. The number of rotatable bonds is 6. The van der Waals surface area contributed by atoms with Gasteiger partial charge in [-0.2, -0.15) is 9.40 Å². The molecule has 0 radical (unpaired) electrons. The smallest absolute Gasteiger partial charge is 0.236 e. The van der Waals surface area contributed by atoms with Gasteiger partial charge in [0, 0.05) is 23.0 Å². The van der Waals surface area contributed by atoms with E-state index in [0.717, 1.165) is 33.1 Å². The molecule has 0 aliphatic heterocycles. The fourth-order valence-electron chi connectivity index (χ4n) is 4.53. The van der Waals surface area contributed by atoms with Crippen molar-refractivity contribution in [2.45, 2.75) is 51.1 Å². The quantitative estimate of drug-likeness (QED) is 0.270. The molecule has 184 valence electrons. The minimum atomic E-state index is -3.75. The molecule has 5 nitrogen and oxygen atoms in total. The Morgan fingerprint density at radius 3 is 2.19 bits per heavy atom. The zero-order chi connectivity index (χ0) is 25.5. The molecule has 0 spiro atoms. The summed E-state index contributed by atoms with van der Waals surface area (Å²) >= 11 is 0. The summed E-state index contributed by atoms with van der Waals surface area (Å²) in [5.74, 6) is 0. The van der Waals surface area contributed by atoms with Crippen molar-refractivity contribution in [2.75, 3.05) is 0 Å². The number of benzene rings is 3. The van der Waals surface area contributed by atoms with Crippen LogP contribution in [0.1, 0.15) is 43.3 Å². The van der Waals surface area contributed by atoms with Crippen LogP contribution < -0.4 is 0 Å². The summed E-state index contributed by atoms with van der Waals surface area (Å²) in [5.41, 5.74) is 4.59. The molecule has 5 aromatic rings. The highest BCUT2D eigenvalue weighted by Crippen LogP contribution is 2.30. The molecular weight excluding hydrogens is 466 g/mol.